The Bertz CT molecular complexity index is 789. The van der Waals surface area contributed by atoms with Crippen LogP contribution in [0.1, 0.15) is 11.4 Å². The number of nitrogens with zero attached hydrogens (tertiary/aromatic N) is 2. The van der Waals surface area contributed by atoms with E-state index in [0.29, 0.717) is 6.67 Å². The first-order valence-electron chi connectivity index (χ1n) is 7.34. The molecular weight excluding hydrogens is 272 g/mol. The van der Waals surface area contributed by atoms with E-state index in [4.69, 9.17) is 5.73 Å². The molecule has 0 fully saturated rings. The van der Waals surface area contributed by atoms with Gasteiger partial charge in [-0.25, -0.2) is 0 Å². The van der Waals surface area contributed by atoms with Crippen LogP contribution in [0.5, 0.6) is 0 Å². The molecule has 3 N–H and O–H groups in total. The summed E-state index contributed by atoms with van der Waals surface area (Å²) >= 11 is 0. The molecule has 2 aromatic carbocycles. The van der Waals surface area contributed by atoms with E-state index >= 15 is 0 Å². The number of para-hydroxylation sites is 2. The van der Waals surface area contributed by atoms with Crippen LogP contribution >= 0.6 is 0 Å². The average molecular weight is 292 g/mol. The Kier molecular flexibility index (Phi) is 3.83. The molecule has 0 aliphatic rings. The molecule has 3 rings (SSSR count). The molecule has 0 aliphatic carbocycles. The zero-order chi connectivity index (χ0) is 15.5. The second-order valence-electron chi connectivity index (χ2n) is 5.39. The fourth-order valence-electron chi connectivity index (χ4n) is 2.61. The third-order valence-electron chi connectivity index (χ3n) is 3.70. The van der Waals surface area contributed by atoms with Crippen LogP contribution in [0, 0.1) is 13.8 Å². The predicted octanol–water partition coefficient (Wildman–Crippen LogP) is 3.82. The summed E-state index contributed by atoms with van der Waals surface area (Å²) in [6, 6.07) is 18.2. The number of hydrogen-bond donors (Lipinski definition) is 2. The Morgan fingerprint density at radius 1 is 1.00 bits per heavy atom. The van der Waals surface area contributed by atoms with Gasteiger partial charge in [0.05, 0.1) is 5.69 Å². The Hall–Kier alpha value is -2.75. The summed E-state index contributed by atoms with van der Waals surface area (Å²) in [4.78, 5) is 0. The van der Waals surface area contributed by atoms with E-state index in [1.165, 1.54) is 0 Å². The highest BCUT2D eigenvalue weighted by Crippen LogP contribution is 2.31. The first-order chi connectivity index (χ1) is 10.6. The lowest BCUT2D eigenvalue weighted by atomic mass is 10.0. The third-order valence-corrected chi connectivity index (χ3v) is 3.70. The molecule has 0 spiro atoms. The molecular formula is C18H20N4. The van der Waals surface area contributed by atoms with Gasteiger partial charge in [-0.05, 0) is 32.0 Å². The third kappa shape index (κ3) is 2.81. The van der Waals surface area contributed by atoms with Gasteiger partial charge in [0.2, 0.25) is 0 Å². The standard InChI is InChI=1S/C18H20N4/c1-13-11-14(2)22(21-13)12-20-18-10-6-4-8-16(18)15-7-3-5-9-17(15)19/h3-11,20H,12,19H2,1-2H3. The highest BCUT2D eigenvalue weighted by Gasteiger charge is 2.08. The number of hydrogen-bond acceptors (Lipinski definition) is 3. The number of nitrogens with two attached hydrogens (primary N) is 1. The number of anilines is 2. The molecule has 0 atom stereocenters. The molecule has 4 heteroatoms. The van der Waals surface area contributed by atoms with Crippen molar-refractivity contribution in [1.82, 2.24) is 9.78 Å². The van der Waals surface area contributed by atoms with Crippen LogP contribution in [0.15, 0.2) is 54.6 Å². The van der Waals surface area contributed by atoms with Gasteiger partial charge in [0.25, 0.3) is 0 Å². The van der Waals surface area contributed by atoms with Crippen LogP contribution in [-0.2, 0) is 6.67 Å². The lowest BCUT2D eigenvalue weighted by molar-refractivity contribution is 0.644. The predicted molar refractivity (Wildman–Crippen MR) is 91.6 cm³/mol. The topological polar surface area (TPSA) is 55.9 Å². The molecule has 0 aliphatic heterocycles. The van der Waals surface area contributed by atoms with Crippen molar-refractivity contribution in [3.05, 3.63) is 66.0 Å². The lowest BCUT2D eigenvalue weighted by Gasteiger charge is -2.14. The number of aryl methyl sites for hydroxylation is 2. The van der Waals surface area contributed by atoms with Crippen LogP contribution < -0.4 is 11.1 Å². The number of nitrogen functional groups attached to an aromatic ring is 1. The van der Waals surface area contributed by atoms with Crippen molar-refractivity contribution in [3.8, 4) is 11.1 Å². The minimum atomic E-state index is 0.628. The maximum absolute atomic E-state index is 6.11. The van der Waals surface area contributed by atoms with Gasteiger partial charge < -0.3 is 11.1 Å². The van der Waals surface area contributed by atoms with Crippen LogP contribution in [0.3, 0.4) is 0 Å². The monoisotopic (exact) mass is 292 g/mol. The number of rotatable bonds is 4. The quantitative estimate of drug-likeness (QED) is 0.719. The summed E-state index contributed by atoms with van der Waals surface area (Å²) in [6.07, 6.45) is 0. The summed E-state index contributed by atoms with van der Waals surface area (Å²) < 4.78 is 1.96. The van der Waals surface area contributed by atoms with Gasteiger partial charge in [0.15, 0.2) is 0 Å². The van der Waals surface area contributed by atoms with Crippen molar-refractivity contribution in [2.75, 3.05) is 11.1 Å². The Labute approximate surface area is 130 Å². The summed E-state index contributed by atoms with van der Waals surface area (Å²) in [7, 11) is 0. The highest BCUT2D eigenvalue weighted by atomic mass is 15.3. The number of benzene rings is 2. The number of aromatic nitrogens is 2. The highest BCUT2D eigenvalue weighted by molar-refractivity contribution is 5.84. The molecule has 0 bridgehead atoms. The van der Waals surface area contributed by atoms with Crippen molar-refractivity contribution in [2.45, 2.75) is 20.5 Å². The maximum Gasteiger partial charge on any atom is 0.110 e. The Morgan fingerprint density at radius 3 is 2.36 bits per heavy atom. The molecule has 0 saturated heterocycles. The molecule has 1 aromatic heterocycles. The fraction of sp³-hybridized carbons (Fsp3) is 0.167. The molecule has 0 unspecified atom stereocenters. The minimum absolute atomic E-state index is 0.628. The molecule has 112 valence electrons. The zero-order valence-corrected chi connectivity index (χ0v) is 12.9. The molecule has 22 heavy (non-hydrogen) atoms. The molecule has 3 aromatic rings. The van der Waals surface area contributed by atoms with Crippen molar-refractivity contribution in [3.63, 3.8) is 0 Å². The van der Waals surface area contributed by atoms with Crippen LogP contribution in [0.2, 0.25) is 0 Å². The zero-order valence-electron chi connectivity index (χ0n) is 12.9. The summed E-state index contributed by atoms with van der Waals surface area (Å²) in [5, 5.41) is 7.93. The SMILES string of the molecule is Cc1cc(C)n(CNc2ccccc2-c2ccccc2N)n1. The molecule has 0 amide bonds. The minimum Gasteiger partial charge on any atom is -0.398 e. The van der Waals surface area contributed by atoms with E-state index in [9.17, 15) is 0 Å². The van der Waals surface area contributed by atoms with E-state index in [-0.39, 0.29) is 0 Å². The number of nitrogens with one attached hydrogen (secondary N) is 1. The molecule has 0 saturated carbocycles. The first kappa shape index (κ1) is 14.2. The summed E-state index contributed by atoms with van der Waals surface area (Å²) in [5.41, 5.74) is 12.2. The lowest BCUT2D eigenvalue weighted by Crippen LogP contribution is -2.11. The molecule has 4 nitrogen and oxygen atoms in total. The van der Waals surface area contributed by atoms with E-state index in [1.807, 2.05) is 48.0 Å². The van der Waals surface area contributed by atoms with Gasteiger partial charge in [-0.3, -0.25) is 4.68 Å². The largest absolute Gasteiger partial charge is 0.398 e. The summed E-state index contributed by atoms with van der Waals surface area (Å²) in [6.45, 7) is 4.69. The Morgan fingerprint density at radius 2 is 1.68 bits per heavy atom. The van der Waals surface area contributed by atoms with Gasteiger partial charge in [-0.15, -0.1) is 0 Å². The second-order valence-corrected chi connectivity index (χ2v) is 5.39. The molecule has 0 radical (unpaired) electrons. The average Bonchev–Trinajstić information content (AvgIpc) is 2.84. The van der Waals surface area contributed by atoms with Crippen molar-refractivity contribution in [1.29, 1.82) is 0 Å². The van der Waals surface area contributed by atoms with E-state index in [2.05, 4.69) is 35.5 Å². The van der Waals surface area contributed by atoms with Crippen molar-refractivity contribution < 1.29 is 0 Å². The first-order valence-corrected chi connectivity index (χ1v) is 7.34. The van der Waals surface area contributed by atoms with Crippen molar-refractivity contribution in [2.24, 2.45) is 0 Å². The van der Waals surface area contributed by atoms with Gasteiger partial charge in [0.1, 0.15) is 6.67 Å². The smallest absolute Gasteiger partial charge is 0.110 e. The Balaban J connectivity index is 1.89. The van der Waals surface area contributed by atoms with Crippen molar-refractivity contribution >= 4 is 11.4 Å². The van der Waals surface area contributed by atoms with E-state index in [1.54, 1.807) is 0 Å². The van der Waals surface area contributed by atoms with Crippen LogP contribution in [0.4, 0.5) is 11.4 Å². The normalized spacial score (nSPS) is 10.6. The van der Waals surface area contributed by atoms with Gasteiger partial charge in [-0.1, -0.05) is 36.4 Å². The van der Waals surface area contributed by atoms with Gasteiger partial charge >= 0.3 is 0 Å². The summed E-state index contributed by atoms with van der Waals surface area (Å²) in [5.74, 6) is 0. The van der Waals surface area contributed by atoms with Gasteiger partial charge in [0, 0.05) is 28.2 Å². The van der Waals surface area contributed by atoms with E-state index in [0.717, 1.165) is 33.9 Å². The maximum atomic E-state index is 6.11. The van der Waals surface area contributed by atoms with Crippen LogP contribution in [-0.4, -0.2) is 9.78 Å². The van der Waals surface area contributed by atoms with E-state index < -0.39 is 0 Å². The second kappa shape index (κ2) is 5.93. The fourth-order valence-corrected chi connectivity index (χ4v) is 2.61. The van der Waals surface area contributed by atoms with Crippen LogP contribution in [0.25, 0.3) is 11.1 Å². The van der Waals surface area contributed by atoms with Gasteiger partial charge in [-0.2, -0.15) is 5.10 Å². The molecule has 1 heterocycles.